The highest BCUT2D eigenvalue weighted by Crippen LogP contribution is 2.26. The molecule has 0 aliphatic heterocycles. The lowest BCUT2D eigenvalue weighted by molar-refractivity contribution is 0.332. The molecule has 0 spiro atoms. The molecule has 112 valence electrons. The first kappa shape index (κ1) is 15.5. The van der Waals surface area contributed by atoms with Crippen LogP contribution in [-0.4, -0.2) is 20.3 Å². The summed E-state index contributed by atoms with van der Waals surface area (Å²) in [5.74, 6) is 1.67. The molecule has 2 aromatic rings. The molecule has 0 aliphatic rings. The number of para-hydroxylation sites is 2. The van der Waals surface area contributed by atoms with E-state index < -0.39 is 0 Å². The van der Waals surface area contributed by atoms with Gasteiger partial charge in [0.1, 0.15) is 18.1 Å². The van der Waals surface area contributed by atoms with Crippen LogP contribution in [0, 0.1) is 13.8 Å². The Bertz CT molecular complexity index is 590. The zero-order chi connectivity index (χ0) is 15.2. The first-order valence-corrected chi connectivity index (χ1v) is 7.26. The molecule has 0 unspecified atom stereocenters. The van der Waals surface area contributed by atoms with E-state index >= 15 is 0 Å². The lowest BCUT2D eigenvalue weighted by atomic mass is 10.1. The third kappa shape index (κ3) is 4.05. The van der Waals surface area contributed by atoms with Crippen molar-refractivity contribution in [2.24, 2.45) is 0 Å². The van der Waals surface area contributed by atoms with E-state index in [4.69, 9.17) is 21.1 Å². The SMILES string of the molecule is COc1ccccc1NCCOc1cc(C)c(Cl)c(C)c1. The highest BCUT2D eigenvalue weighted by Gasteiger charge is 2.04. The molecule has 4 heteroatoms. The van der Waals surface area contributed by atoms with Crippen LogP contribution in [0.25, 0.3) is 0 Å². The molecule has 3 nitrogen and oxygen atoms in total. The second kappa shape index (κ2) is 7.23. The first-order chi connectivity index (χ1) is 10.1. The Balaban J connectivity index is 1.88. The lowest BCUT2D eigenvalue weighted by Gasteiger charge is -2.13. The van der Waals surface area contributed by atoms with Gasteiger partial charge in [0.2, 0.25) is 0 Å². The van der Waals surface area contributed by atoms with Gasteiger partial charge in [0.25, 0.3) is 0 Å². The number of rotatable bonds is 6. The molecule has 0 saturated carbocycles. The maximum atomic E-state index is 6.14. The van der Waals surface area contributed by atoms with Crippen molar-refractivity contribution in [1.29, 1.82) is 0 Å². The van der Waals surface area contributed by atoms with Gasteiger partial charge in [-0.05, 0) is 49.2 Å². The fraction of sp³-hybridized carbons (Fsp3) is 0.294. The van der Waals surface area contributed by atoms with Crippen molar-refractivity contribution in [3.8, 4) is 11.5 Å². The molecule has 0 aliphatic carbocycles. The fourth-order valence-corrected chi connectivity index (χ4v) is 2.24. The standard InChI is InChI=1S/C17H20ClNO2/c1-12-10-14(11-13(2)17(12)18)21-9-8-19-15-6-4-5-7-16(15)20-3/h4-7,10-11,19H,8-9H2,1-3H3. The molecule has 1 N–H and O–H groups in total. The molecule has 0 fully saturated rings. The van der Waals surface area contributed by atoms with Gasteiger partial charge in [-0.25, -0.2) is 0 Å². The van der Waals surface area contributed by atoms with Gasteiger partial charge >= 0.3 is 0 Å². The Morgan fingerprint density at radius 2 is 1.76 bits per heavy atom. The van der Waals surface area contributed by atoms with Crippen molar-refractivity contribution >= 4 is 17.3 Å². The van der Waals surface area contributed by atoms with Crippen LogP contribution >= 0.6 is 11.6 Å². The minimum Gasteiger partial charge on any atom is -0.495 e. The van der Waals surface area contributed by atoms with Crippen LogP contribution in [0.1, 0.15) is 11.1 Å². The normalized spacial score (nSPS) is 10.3. The van der Waals surface area contributed by atoms with Crippen LogP contribution in [0.5, 0.6) is 11.5 Å². The van der Waals surface area contributed by atoms with Crippen LogP contribution in [0.4, 0.5) is 5.69 Å². The number of halogens is 1. The van der Waals surface area contributed by atoms with Crippen LogP contribution in [0.15, 0.2) is 36.4 Å². The van der Waals surface area contributed by atoms with E-state index in [0.717, 1.165) is 33.3 Å². The lowest BCUT2D eigenvalue weighted by Crippen LogP contribution is -2.12. The predicted molar refractivity (Wildman–Crippen MR) is 87.9 cm³/mol. The molecule has 2 aromatic carbocycles. The molecule has 0 bridgehead atoms. The van der Waals surface area contributed by atoms with Crippen molar-refractivity contribution in [2.45, 2.75) is 13.8 Å². The minimum absolute atomic E-state index is 0.568. The van der Waals surface area contributed by atoms with Crippen LogP contribution in [0.2, 0.25) is 5.02 Å². The highest BCUT2D eigenvalue weighted by molar-refractivity contribution is 6.32. The van der Waals surface area contributed by atoms with Gasteiger partial charge in [-0.15, -0.1) is 0 Å². The topological polar surface area (TPSA) is 30.5 Å². The van der Waals surface area contributed by atoms with Crippen LogP contribution < -0.4 is 14.8 Å². The Morgan fingerprint density at radius 1 is 1.10 bits per heavy atom. The smallest absolute Gasteiger partial charge is 0.141 e. The summed E-state index contributed by atoms with van der Waals surface area (Å²) in [5.41, 5.74) is 3.03. The number of hydrogen-bond donors (Lipinski definition) is 1. The summed E-state index contributed by atoms with van der Waals surface area (Å²) >= 11 is 6.14. The zero-order valence-electron chi connectivity index (χ0n) is 12.6. The van der Waals surface area contributed by atoms with Gasteiger partial charge in [-0.1, -0.05) is 23.7 Å². The number of methoxy groups -OCH3 is 1. The summed E-state index contributed by atoms with van der Waals surface area (Å²) in [7, 11) is 1.66. The van der Waals surface area contributed by atoms with Gasteiger partial charge in [-0.3, -0.25) is 0 Å². The summed E-state index contributed by atoms with van der Waals surface area (Å²) in [6.07, 6.45) is 0. The Morgan fingerprint density at radius 3 is 2.43 bits per heavy atom. The van der Waals surface area contributed by atoms with Crippen molar-refractivity contribution in [1.82, 2.24) is 0 Å². The van der Waals surface area contributed by atoms with E-state index in [9.17, 15) is 0 Å². The van der Waals surface area contributed by atoms with E-state index in [1.807, 2.05) is 50.2 Å². The van der Waals surface area contributed by atoms with E-state index in [1.165, 1.54) is 0 Å². The summed E-state index contributed by atoms with van der Waals surface area (Å²) in [5, 5.41) is 4.10. The van der Waals surface area contributed by atoms with E-state index in [2.05, 4.69) is 5.32 Å². The molecular weight excluding hydrogens is 286 g/mol. The Labute approximate surface area is 130 Å². The van der Waals surface area contributed by atoms with Crippen molar-refractivity contribution in [2.75, 3.05) is 25.6 Å². The maximum absolute atomic E-state index is 6.14. The predicted octanol–water partition coefficient (Wildman–Crippen LogP) is 4.46. The summed E-state index contributed by atoms with van der Waals surface area (Å²) in [6.45, 7) is 5.23. The molecule has 2 rings (SSSR count). The molecule has 0 atom stereocenters. The maximum Gasteiger partial charge on any atom is 0.141 e. The first-order valence-electron chi connectivity index (χ1n) is 6.88. The molecule has 21 heavy (non-hydrogen) atoms. The summed E-state index contributed by atoms with van der Waals surface area (Å²) in [4.78, 5) is 0. The van der Waals surface area contributed by atoms with Crippen molar-refractivity contribution in [3.63, 3.8) is 0 Å². The third-order valence-corrected chi connectivity index (χ3v) is 3.80. The molecule has 0 amide bonds. The monoisotopic (exact) mass is 305 g/mol. The second-order valence-corrected chi connectivity index (χ2v) is 5.22. The summed E-state index contributed by atoms with van der Waals surface area (Å²) in [6, 6.07) is 11.7. The van der Waals surface area contributed by atoms with Crippen LogP contribution in [-0.2, 0) is 0 Å². The molecule has 0 heterocycles. The molecule has 0 aromatic heterocycles. The zero-order valence-corrected chi connectivity index (χ0v) is 13.3. The van der Waals surface area contributed by atoms with Gasteiger partial charge in [0.15, 0.2) is 0 Å². The van der Waals surface area contributed by atoms with Gasteiger partial charge < -0.3 is 14.8 Å². The number of anilines is 1. The fourth-order valence-electron chi connectivity index (χ4n) is 2.13. The number of hydrogen-bond acceptors (Lipinski definition) is 3. The van der Waals surface area contributed by atoms with E-state index in [-0.39, 0.29) is 0 Å². The number of ether oxygens (including phenoxy) is 2. The second-order valence-electron chi connectivity index (χ2n) is 4.85. The number of aryl methyl sites for hydroxylation is 2. The van der Waals surface area contributed by atoms with Crippen molar-refractivity contribution < 1.29 is 9.47 Å². The molecule has 0 radical (unpaired) electrons. The van der Waals surface area contributed by atoms with Gasteiger partial charge in [0, 0.05) is 11.6 Å². The third-order valence-electron chi connectivity index (χ3n) is 3.20. The largest absolute Gasteiger partial charge is 0.495 e. The van der Waals surface area contributed by atoms with E-state index in [1.54, 1.807) is 7.11 Å². The Hall–Kier alpha value is -1.87. The average molecular weight is 306 g/mol. The average Bonchev–Trinajstić information content (AvgIpc) is 2.49. The van der Waals surface area contributed by atoms with Gasteiger partial charge in [-0.2, -0.15) is 0 Å². The highest BCUT2D eigenvalue weighted by atomic mass is 35.5. The number of benzene rings is 2. The van der Waals surface area contributed by atoms with E-state index in [0.29, 0.717) is 13.2 Å². The van der Waals surface area contributed by atoms with Crippen LogP contribution in [0.3, 0.4) is 0 Å². The molecular formula is C17H20ClNO2. The number of nitrogens with one attached hydrogen (secondary N) is 1. The minimum atomic E-state index is 0.568. The Kier molecular flexibility index (Phi) is 5.34. The molecule has 0 saturated heterocycles. The van der Waals surface area contributed by atoms with Crippen molar-refractivity contribution in [3.05, 3.63) is 52.5 Å². The van der Waals surface area contributed by atoms with Gasteiger partial charge in [0.05, 0.1) is 12.8 Å². The summed E-state index contributed by atoms with van der Waals surface area (Å²) < 4.78 is 11.0. The quantitative estimate of drug-likeness (QED) is 0.799.